The summed E-state index contributed by atoms with van der Waals surface area (Å²) in [4.78, 5) is 6.74. The van der Waals surface area contributed by atoms with Gasteiger partial charge in [0.1, 0.15) is 0 Å². The Morgan fingerprint density at radius 3 is 3.15 bits per heavy atom. The molecule has 0 amide bonds. The molecule has 2 unspecified atom stereocenters. The average molecular weight is 293 g/mol. The molecule has 6 heteroatoms. The van der Waals surface area contributed by atoms with Crippen LogP contribution in [-0.4, -0.2) is 38.8 Å². The summed E-state index contributed by atoms with van der Waals surface area (Å²) in [5, 5.41) is 17.6. The van der Waals surface area contributed by atoms with Gasteiger partial charge in [-0.25, -0.2) is 0 Å². The molecule has 2 aromatic heterocycles. The maximum atomic E-state index is 9.51. The van der Waals surface area contributed by atoms with Crippen molar-refractivity contribution < 1.29 is 9.63 Å². The molecule has 20 heavy (non-hydrogen) atoms. The van der Waals surface area contributed by atoms with E-state index in [0.717, 1.165) is 18.4 Å². The predicted molar refractivity (Wildman–Crippen MR) is 77.3 cm³/mol. The Morgan fingerprint density at radius 2 is 2.40 bits per heavy atom. The van der Waals surface area contributed by atoms with Gasteiger partial charge in [-0.2, -0.15) is 16.3 Å². The SMILES string of the molecule is CC1CCCC(CO)N1Cc1noc(-c2ccsc2)n1. The normalized spacial score (nSPS) is 24.1. The third kappa shape index (κ3) is 2.77. The van der Waals surface area contributed by atoms with Gasteiger partial charge >= 0.3 is 0 Å². The Hall–Kier alpha value is -1.24. The van der Waals surface area contributed by atoms with Gasteiger partial charge in [-0.05, 0) is 31.2 Å². The lowest BCUT2D eigenvalue weighted by atomic mass is 9.97. The summed E-state index contributed by atoms with van der Waals surface area (Å²) in [7, 11) is 0. The van der Waals surface area contributed by atoms with Crippen molar-refractivity contribution in [3.63, 3.8) is 0 Å². The minimum atomic E-state index is 0.194. The largest absolute Gasteiger partial charge is 0.395 e. The molecule has 0 saturated carbocycles. The summed E-state index contributed by atoms with van der Waals surface area (Å²) >= 11 is 1.61. The highest BCUT2D eigenvalue weighted by Crippen LogP contribution is 2.25. The van der Waals surface area contributed by atoms with Crippen molar-refractivity contribution in [3.8, 4) is 11.5 Å². The van der Waals surface area contributed by atoms with Crippen molar-refractivity contribution in [2.75, 3.05) is 6.61 Å². The van der Waals surface area contributed by atoms with Gasteiger partial charge < -0.3 is 9.63 Å². The summed E-state index contributed by atoms with van der Waals surface area (Å²) in [6.07, 6.45) is 3.37. The second-order valence-electron chi connectivity index (χ2n) is 5.32. The van der Waals surface area contributed by atoms with Crippen molar-refractivity contribution in [1.29, 1.82) is 0 Å². The summed E-state index contributed by atoms with van der Waals surface area (Å²) in [6.45, 7) is 3.03. The Balaban J connectivity index is 1.73. The zero-order valence-electron chi connectivity index (χ0n) is 11.5. The molecule has 3 rings (SSSR count). The molecule has 0 radical (unpaired) electrons. The molecule has 1 N–H and O–H groups in total. The highest BCUT2D eigenvalue weighted by atomic mass is 32.1. The smallest absolute Gasteiger partial charge is 0.258 e. The standard InChI is InChI=1S/C14H19N3O2S/c1-10-3-2-4-12(8-18)17(10)7-13-15-14(19-16-13)11-5-6-20-9-11/h5-6,9-10,12,18H,2-4,7-8H2,1H3. The molecule has 1 saturated heterocycles. The van der Waals surface area contributed by atoms with E-state index < -0.39 is 0 Å². The first kappa shape index (κ1) is 13.7. The lowest BCUT2D eigenvalue weighted by Gasteiger charge is -2.39. The second-order valence-corrected chi connectivity index (χ2v) is 6.10. The number of aliphatic hydroxyl groups is 1. The Kier molecular flexibility index (Phi) is 4.14. The fourth-order valence-electron chi connectivity index (χ4n) is 2.81. The molecule has 2 atom stereocenters. The molecule has 3 heterocycles. The maximum Gasteiger partial charge on any atom is 0.258 e. The van der Waals surface area contributed by atoms with Crippen LogP contribution in [0.1, 0.15) is 32.0 Å². The van der Waals surface area contributed by atoms with E-state index in [9.17, 15) is 5.11 Å². The first-order valence-corrected chi connectivity index (χ1v) is 7.94. The van der Waals surface area contributed by atoms with Crippen LogP contribution in [0.2, 0.25) is 0 Å². The van der Waals surface area contributed by atoms with Gasteiger partial charge in [0.25, 0.3) is 5.89 Å². The van der Waals surface area contributed by atoms with Gasteiger partial charge in [0.15, 0.2) is 5.82 Å². The maximum absolute atomic E-state index is 9.51. The highest BCUT2D eigenvalue weighted by Gasteiger charge is 2.28. The van der Waals surface area contributed by atoms with E-state index in [1.807, 2.05) is 16.8 Å². The van der Waals surface area contributed by atoms with E-state index >= 15 is 0 Å². The van der Waals surface area contributed by atoms with Crippen LogP contribution in [0.3, 0.4) is 0 Å². The van der Waals surface area contributed by atoms with Crippen molar-refractivity contribution in [2.45, 2.75) is 44.8 Å². The van der Waals surface area contributed by atoms with Crippen LogP contribution in [-0.2, 0) is 6.54 Å². The van der Waals surface area contributed by atoms with Gasteiger partial charge in [0, 0.05) is 17.5 Å². The van der Waals surface area contributed by atoms with Gasteiger partial charge in [0.2, 0.25) is 0 Å². The van der Waals surface area contributed by atoms with Crippen molar-refractivity contribution in [2.24, 2.45) is 0 Å². The number of aromatic nitrogens is 2. The first-order chi connectivity index (χ1) is 9.78. The van der Waals surface area contributed by atoms with Gasteiger partial charge in [-0.1, -0.05) is 11.6 Å². The first-order valence-electron chi connectivity index (χ1n) is 6.99. The lowest BCUT2D eigenvalue weighted by molar-refractivity contribution is 0.0425. The van der Waals surface area contributed by atoms with Crippen LogP contribution in [0.5, 0.6) is 0 Å². The second kappa shape index (κ2) is 6.03. The Labute approximate surface area is 122 Å². The monoisotopic (exact) mass is 293 g/mol. The third-order valence-corrected chi connectivity index (χ3v) is 4.65. The topological polar surface area (TPSA) is 62.4 Å². The van der Waals surface area contributed by atoms with Crippen LogP contribution >= 0.6 is 11.3 Å². The number of rotatable bonds is 4. The predicted octanol–water partition coefficient (Wildman–Crippen LogP) is 2.53. The van der Waals surface area contributed by atoms with Gasteiger partial charge in [-0.3, -0.25) is 4.90 Å². The zero-order valence-corrected chi connectivity index (χ0v) is 12.3. The molecule has 0 spiro atoms. The number of piperidine rings is 1. The molecule has 1 aliphatic heterocycles. The summed E-state index contributed by atoms with van der Waals surface area (Å²) in [5.74, 6) is 1.27. The van der Waals surface area contributed by atoms with Crippen LogP contribution < -0.4 is 0 Å². The number of hydrogen-bond acceptors (Lipinski definition) is 6. The van der Waals surface area contributed by atoms with E-state index in [2.05, 4.69) is 22.0 Å². The molecule has 0 aromatic carbocycles. The number of nitrogens with zero attached hydrogens (tertiary/aromatic N) is 3. The van der Waals surface area contributed by atoms with E-state index in [-0.39, 0.29) is 12.6 Å². The minimum absolute atomic E-state index is 0.194. The molecule has 0 bridgehead atoms. The van der Waals surface area contributed by atoms with Crippen LogP contribution in [0, 0.1) is 0 Å². The molecular weight excluding hydrogens is 274 g/mol. The number of likely N-dealkylation sites (tertiary alicyclic amines) is 1. The number of aliphatic hydroxyl groups excluding tert-OH is 1. The van der Waals surface area contributed by atoms with Crippen molar-refractivity contribution in [3.05, 3.63) is 22.7 Å². The molecule has 5 nitrogen and oxygen atoms in total. The van der Waals surface area contributed by atoms with Crippen LogP contribution in [0.15, 0.2) is 21.3 Å². The Bertz CT molecular complexity index is 540. The fourth-order valence-corrected chi connectivity index (χ4v) is 3.44. The summed E-state index contributed by atoms with van der Waals surface area (Å²) in [5.41, 5.74) is 0.971. The summed E-state index contributed by atoms with van der Waals surface area (Å²) < 4.78 is 5.31. The highest BCUT2D eigenvalue weighted by molar-refractivity contribution is 7.08. The number of thiophene rings is 1. The Morgan fingerprint density at radius 1 is 1.50 bits per heavy atom. The summed E-state index contributed by atoms with van der Waals surface area (Å²) in [6, 6.07) is 2.63. The fraction of sp³-hybridized carbons (Fsp3) is 0.571. The van der Waals surface area contributed by atoms with Crippen LogP contribution in [0.4, 0.5) is 0 Å². The zero-order chi connectivity index (χ0) is 13.9. The molecule has 2 aromatic rings. The average Bonchev–Trinajstić information content (AvgIpc) is 3.11. The number of hydrogen-bond donors (Lipinski definition) is 1. The minimum Gasteiger partial charge on any atom is -0.395 e. The molecule has 0 aliphatic carbocycles. The van der Waals surface area contributed by atoms with E-state index in [1.165, 1.54) is 6.42 Å². The van der Waals surface area contributed by atoms with Crippen molar-refractivity contribution >= 4 is 11.3 Å². The molecule has 1 fully saturated rings. The van der Waals surface area contributed by atoms with Gasteiger partial charge in [-0.15, -0.1) is 0 Å². The lowest BCUT2D eigenvalue weighted by Crippen LogP contribution is -2.46. The van der Waals surface area contributed by atoms with E-state index in [4.69, 9.17) is 4.52 Å². The van der Waals surface area contributed by atoms with Crippen molar-refractivity contribution in [1.82, 2.24) is 15.0 Å². The third-order valence-electron chi connectivity index (χ3n) is 3.97. The molecule has 108 valence electrons. The van der Waals surface area contributed by atoms with Gasteiger partial charge in [0.05, 0.1) is 18.7 Å². The van der Waals surface area contributed by atoms with E-state index in [1.54, 1.807) is 11.3 Å². The molecular formula is C14H19N3O2S. The quantitative estimate of drug-likeness (QED) is 0.938. The van der Waals surface area contributed by atoms with Crippen LogP contribution in [0.25, 0.3) is 11.5 Å². The van der Waals surface area contributed by atoms with E-state index in [0.29, 0.717) is 24.3 Å². The molecule has 1 aliphatic rings.